The molecular weight excluding hydrogens is 337 g/mol. The van der Waals surface area contributed by atoms with Crippen LogP contribution in [0, 0.1) is 10.1 Å². The number of nitro benzene ring substituents is 1. The zero-order chi connectivity index (χ0) is 14.0. The molecule has 0 aliphatic heterocycles. The van der Waals surface area contributed by atoms with E-state index in [0.717, 1.165) is 4.47 Å². The summed E-state index contributed by atoms with van der Waals surface area (Å²) in [6, 6.07) is 5.60. The molecule has 6 nitrogen and oxygen atoms in total. The molecule has 2 rings (SSSR count). The molecule has 0 atom stereocenters. The summed E-state index contributed by atoms with van der Waals surface area (Å²) in [5.41, 5.74) is 0.537. The standard InChI is InChI=1S/C11H7BrClN3O3/c12-6-3-9(14-5-6)11(17)15-7-1-2-10(16(18)19)8(13)4-7/h1-5,14H,(H,15,17). The van der Waals surface area contributed by atoms with Gasteiger partial charge in [-0.1, -0.05) is 11.6 Å². The van der Waals surface area contributed by atoms with Crippen LogP contribution in [0.4, 0.5) is 11.4 Å². The van der Waals surface area contributed by atoms with Gasteiger partial charge in [-0.3, -0.25) is 14.9 Å². The Morgan fingerprint density at radius 3 is 2.68 bits per heavy atom. The smallest absolute Gasteiger partial charge is 0.288 e. The zero-order valence-electron chi connectivity index (χ0n) is 9.31. The number of nitro groups is 1. The average molecular weight is 345 g/mol. The van der Waals surface area contributed by atoms with Crippen molar-refractivity contribution in [2.45, 2.75) is 0 Å². The fraction of sp³-hybridized carbons (Fsp3) is 0. The highest BCUT2D eigenvalue weighted by molar-refractivity contribution is 9.10. The maximum absolute atomic E-state index is 11.8. The second-order valence-corrected chi connectivity index (χ2v) is 4.93. The van der Waals surface area contributed by atoms with Crippen LogP contribution in [0.15, 0.2) is 34.9 Å². The van der Waals surface area contributed by atoms with Crippen LogP contribution in [0.25, 0.3) is 0 Å². The molecule has 0 fully saturated rings. The molecule has 19 heavy (non-hydrogen) atoms. The Bertz CT molecular complexity index is 656. The topological polar surface area (TPSA) is 88.0 Å². The van der Waals surface area contributed by atoms with Crippen LogP contribution in [-0.2, 0) is 0 Å². The number of hydrogen-bond acceptors (Lipinski definition) is 3. The third kappa shape index (κ3) is 3.12. The van der Waals surface area contributed by atoms with E-state index in [1.165, 1.54) is 18.2 Å². The number of hydrogen-bond donors (Lipinski definition) is 2. The lowest BCUT2D eigenvalue weighted by atomic mass is 10.2. The number of nitrogens with zero attached hydrogens (tertiary/aromatic N) is 1. The molecule has 0 bridgehead atoms. The molecule has 1 heterocycles. The molecule has 1 aromatic carbocycles. The highest BCUT2D eigenvalue weighted by Gasteiger charge is 2.14. The highest BCUT2D eigenvalue weighted by atomic mass is 79.9. The molecule has 0 aliphatic rings. The van der Waals surface area contributed by atoms with Crippen molar-refractivity contribution in [1.82, 2.24) is 4.98 Å². The first-order chi connectivity index (χ1) is 8.97. The van der Waals surface area contributed by atoms with Gasteiger partial charge >= 0.3 is 0 Å². The summed E-state index contributed by atoms with van der Waals surface area (Å²) in [5.74, 6) is -0.365. The van der Waals surface area contributed by atoms with Crippen molar-refractivity contribution < 1.29 is 9.72 Å². The van der Waals surface area contributed by atoms with Crippen LogP contribution >= 0.6 is 27.5 Å². The van der Waals surface area contributed by atoms with Gasteiger partial charge in [0.05, 0.1) is 4.92 Å². The van der Waals surface area contributed by atoms with Crippen LogP contribution in [0.1, 0.15) is 10.5 Å². The van der Waals surface area contributed by atoms with Crippen molar-refractivity contribution in [2.75, 3.05) is 5.32 Å². The Balaban J connectivity index is 2.18. The average Bonchev–Trinajstić information content (AvgIpc) is 2.75. The van der Waals surface area contributed by atoms with E-state index >= 15 is 0 Å². The second-order valence-electron chi connectivity index (χ2n) is 3.61. The van der Waals surface area contributed by atoms with E-state index in [1.807, 2.05) is 0 Å². The van der Waals surface area contributed by atoms with Crippen molar-refractivity contribution in [2.24, 2.45) is 0 Å². The van der Waals surface area contributed by atoms with E-state index < -0.39 is 4.92 Å². The predicted molar refractivity (Wildman–Crippen MR) is 74.6 cm³/mol. The number of halogens is 2. The van der Waals surface area contributed by atoms with Crippen molar-refractivity contribution >= 4 is 44.8 Å². The van der Waals surface area contributed by atoms with Gasteiger partial charge in [-0.15, -0.1) is 0 Å². The van der Waals surface area contributed by atoms with Gasteiger partial charge in [-0.2, -0.15) is 0 Å². The molecule has 2 aromatic rings. The Hall–Kier alpha value is -1.86. The first-order valence-corrected chi connectivity index (χ1v) is 6.23. The molecule has 8 heteroatoms. The fourth-order valence-electron chi connectivity index (χ4n) is 1.43. The third-order valence-corrected chi connectivity index (χ3v) is 3.06. The van der Waals surface area contributed by atoms with Gasteiger partial charge in [-0.25, -0.2) is 0 Å². The van der Waals surface area contributed by atoms with Gasteiger partial charge in [0.15, 0.2) is 0 Å². The van der Waals surface area contributed by atoms with Crippen LogP contribution in [0.2, 0.25) is 5.02 Å². The molecule has 1 aromatic heterocycles. The summed E-state index contributed by atoms with van der Waals surface area (Å²) in [6.07, 6.45) is 1.62. The van der Waals surface area contributed by atoms with Gasteiger partial charge in [0.2, 0.25) is 0 Å². The number of rotatable bonds is 3. The first kappa shape index (κ1) is 13.6. The van der Waals surface area contributed by atoms with Crippen LogP contribution in [0.5, 0.6) is 0 Å². The number of anilines is 1. The van der Waals surface area contributed by atoms with E-state index in [2.05, 4.69) is 26.2 Å². The number of carbonyl (C=O) groups is 1. The largest absolute Gasteiger partial charge is 0.356 e. The lowest BCUT2D eigenvalue weighted by Crippen LogP contribution is -2.12. The minimum atomic E-state index is -0.587. The minimum absolute atomic E-state index is 0.0320. The highest BCUT2D eigenvalue weighted by Crippen LogP contribution is 2.27. The van der Waals surface area contributed by atoms with Crippen LogP contribution in [0.3, 0.4) is 0 Å². The molecule has 0 spiro atoms. The zero-order valence-corrected chi connectivity index (χ0v) is 11.7. The molecule has 0 unspecified atom stereocenters. The van der Waals surface area contributed by atoms with Crippen LogP contribution < -0.4 is 5.32 Å². The number of aromatic nitrogens is 1. The van der Waals surface area contributed by atoms with E-state index in [4.69, 9.17) is 11.6 Å². The van der Waals surface area contributed by atoms with E-state index in [0.29, 0.717) is 11.4 Å². The van der Waals surface area contributed by atoms with Crippen molar-refractivity contribution in [3.05, 3.63) is 55.8 Å². The lowest BCUT2D eigenvalue weighted by Gasteiger charge is -2.04. The summed E-state index contributed by atoms with van der Waals surface area (Å²) in [4.78, 5) is 24.6. The summed E-state index contributed by atoms with van der Waals surface area (Å²) in [6.45, 7) is 0. The SMILES string of the molecule is O=C(Nc1ccc([N+](=O)[O-])c(Cl)c1)c1cc(Br)c[nH]1. The summed E-state index contributed by atoms with van der Waals surface area (Å²) >= 11 is 8.97. The van der Waals surface area contributed by atoms with E-state index in [1.54, 1.807) is 12.3 Å². The quantitative estimate of drug-likeness (QED) is 0.659. The fourth-order valence-corrected chi connectivity index (χ4v) is 2.02. The molecule has 2 N–H and O–H groups in total. The Kier molecular flexibility index (Phi) is 3.87. The second kappa shape index (κ2) is 5.41. The lowest BCUT2D eigenvalue weighted by molar-refractivity contribution is -0.384. The number of amides is 1. The minimum Gasteiger partial charge on any atom is -0.356 e. The predicted octanol–water partition coefficient (Wildman–Crippen LogP) is 3.59. The van der Waals surface area contributed by atoms with Crippen LogP contribution in [-0.4, -0.2) is 15.8 Å². The molecule has 98 valence electrons. The Morgan fingerprint density at radius 1 is 1.42 bits per heavy atom. The molecule has 0 saturated heterocycles. The summed E-state index contributed by atoms with van der Waals surface area (Å²) in [5, 5.41) is 13.2. The Labute approximate surface area is 121 Å². The van der Waals surface area contributed by atoms with Gasteiger partial charge in [0, 0.05) is 22.4 Å². The molecule has 0 aliphatic carbocycles. The molecule has 0 saturated carbocycles. The molecule has 1 amide bonds. The number of benzene rings is 1. The van der Waals surface area contributed by atoms with Gasteiger partial charge in [-0.05, 0) is 34.1 Å². The summed E-state index contributed by atoms with van der Waals surface area (Å²) < 4.78 is 0.749. The number of aromatic amines is 1. The van der Waals surface area contributed by atoms with Crippen molar-refractivity contribution in [3.63, 3.8) is 0 Å². The molecule has 0 radical (unpaired) electrons. The van der Waals surface area contributed by atoms with Crippen molar-refractivity contribution in [3.8, 4) is 0 Å². The first-order valence-electron chi connectivity index (χ1n) is 5.06. The van der Waals surface area contributed by atoms with Crippen molar-refractivity contribution in [1.29, 1.82) is 0 Å². The number of H-pyrrole nitrogens is 1. The van der Waals surface area contributed by atoms with Gasteiger partial charge < -0.3 is 10.3 Å². The van der Waals surface area contributed by atoms with Gasteiger partial charge in [0.25, 0.3) is 11.6 Å². The normalized spacial score (nSPS) is 10.2. The van der Waals surface area contributed by atoms with Gasteiger partial charge in [0.1, 0.15) is 10.7 Å². The maximum Gasteiger partial charge on any atom is 0.288 e. The van der Waals surface area contributed by atoms with E-state index in [-0.39, 0.29) is 16.6 Å². The maximum atomic E-state index is 11.8. The number of nitrogens with one attached hydrogen (secondary N) is 2. The third-order valence-electron chi connectivity index (χ3n) is 2.29. The Morgan fingerprint density at radius 2 is 2.16 bits per heavy atom. The van der Waals surface area contributed by atoms with E-state index in [9.17, 15) is 14.9 Å². The summed E-state index contributed by atoms with van der Waals surface area (Å²) in [7, 11) is 0. The number of carbonyl (C=O) groups excluding carboxylic acids is 1. The molecular formula is C11H7BrClN3O3. The monoisotopic (exact) mass is 343 g/mol.